The minimum absolute atomic E-state index is 0.0362. The van der Waals surface area contributed by atoms with Crippen molar-refractivity contribution in [3.05, 3.63) is 35.7 Å². The van der Waals surface area contributed by atoms with E-state index in [-0.39, 0.29) is 13.2 Å². The molecule has 9 heteroatoms. The number of halogens is 3. The van der Waals surface area contributed by atoms with E-state index >= 15 is 0 Å². The van der Waals surface area contributed by atoms with E-state index in [1.165, 1.54) is 22.4 Å². The quantitative estimate of drug-likeness (QED) is 0.626. The fourth-order valence-corrected chi connectivity index (χ4v) is 2.73. The fourth-order valence-electron chi connectivity index (χ4n) is 1.83. The molecule has 2 aromatic rings. The average molecular weight is 332 g/mol. The standard InChI is InChI=1S/C13H15F3N4OS/c14-13(15,16)9-3-1-4-10(7-9)20-11(8-17)18-19-12(20)22-6-2-5-21/h1,3-4,7,21H,2,5-6,8,17H2. The van der Waals surface area contributed by atoms with Gasteiger partial charge in [0.05, 0.1) is 17.8 Å². The second kappa shape index (κ2) is 7.12. The molecule has 0 atom stereocenters. The Bertz CT molecular complexity index is 630. The Kier molecular flexibility index (Phi) is 5.43. The van der Waals surface area contributed by atoms with Gasteiger partial charge >= 0.3 is 6.18 Å². The molecule has 0 saturated carbocycles. The third kappa shape index (κ3) is 3.79. The van der Waals surface area contributed by atoms with Crippen molar-refractivity contribution in [3.63, 3.8) is 0 Å². The molecule has 22 heavy (non-hydrogen) atoms. The Labute approximate surface area is 129 Å². The van der Waals surface area contributed by atoms with Crippen LogP contribution in [0.15, 0.2) is 29.4 Å². The summed E-state index contributed by atoms with van der Waals surface area (Å²) in [6, 6.07) is 4.93. The molecule has 0 spiro atoms. The van der Waals surface area contributed by atoms with Crippen LogP contribution in [-0.2, 0) is 12.7 Å². The molecule has 0 saturated heterocycles. The zero-order chi connectivity index (χ0) is 16.2. The topological polar surface area (TPSA) is 77.0 Å². The molecule has 0 aliphatic rings. The first-order valence-electron chi connectivity index (χ1n) is 6.53. The van der Waals surface area contributed by atoms with Gasteiger partial charge in [-0.25, -0.2) is 0 Å². The summed E-state index contributed by atoms with van der Waals surface area (Å²) in [5.41, 5.74) is 5.15. The lowest BCUT2D eigenvalue weighted by Gasteiger charge is -2.12. The Morgan fingerprint density at radius 3 is 2.68 bits per heavy atom. The molecule has 0 aliphatic heterocycles. The van der Waals surface area contributed by atoms with Crippen molar-refractivity contribution in [2.24, 2.45) is 5.73 Å². The number of aliphatic hydroxyl groups excluding tert-OH is 1. The number of benzene rings is 1. The Balaban J connectivity index is 2.40. The van der Waals surface area contributed by atoms with Crippen LogP contribution in [0.2, 0.25) is 0 Å². The molecular formula is C13H15F3N4OS. The zero-order valence-electron chi connectivity index (χ0n) is 11.5. The lowest BCUT2D eigenvalue weighted by molar-refractivity contribution is -0.137. The van der Waals surface area contributed by atoms with E-state index < -0.39 is 11.7 Å². The summed E-state index contributed by atoms with van der Waals surface area (Å²) in [4.78, 5) is 0. The van der Waals surface area contributed by atoms with Crippen LogP contribution < -0.4 is 5.73 Å². The Morgan fingerprint density at radius 2 is 2.05 bits per heavy atom. The van der Waals surface area contributed by atoms with Crippen molar-refractivity contribution in [2.75, 3.05) is 12.4 Å². The maximum atomic E-state index is 12.8. The van der Waals surface area contributed by atoms with Crippen molar-refractivity contribution in [1.29, 1.82) is 0 Å². The van der Waals surface area contributed by atoms with E-state index in [0.29, 0.717) is 28.8 Å². The summed E-state index contributed by atoms with van der Waals surface area (Å²) >= 11 is 1.31. The second-order valence-electron chi connectivity index (χ2n) is 4.41. The highest BCUT2D eigenvalue weighted by atomic mass is 32.2. The summed E-state index contributed by atoms with van der Waals surface area (Å²) < 4.78 is 40.0. The maximum absolute atomic E-state index is 12.8. The molecule has 0 aliphatic carbocycles. The van der Waals surface area contributed by atoms with Crippen molar-refractivity contribution < 1.29 is 18.3 Å². The molecule has 5 nitrogen and oxygen atoms in total. The van der Waals surface area contributed by atoms with Gasteiger partial charge in [0.2, 0.25) is 0 Å². The van der Waals surface area contributed by atoms with Gasteiger partial charge in [-0.2, -0.15) is 13.2 Å². The van der Waals surface area contributed by atoms with Gasteiger partial charge in [0.15, 0.2) is 11.0 Å². The van der Waals surface area contributed by atoms with E-state index in [9.17, 15) is 13.2 Å². The van der Waals surface area contributed by atoms with Crippen LogP contribution in [0.3, 0.4) is 0 Å². The van der Waals surface area contributed by atoms with Gasteiger partial charge in [-0.15, -0.1) is 10.2 Å². The third-order valence-corrected chi connectivity index (χ3v) is 3.86. The molecule has 1 heterocycles. The summed E-state index contributed by atoms with van der Waals surface area (Å²) in [7, 11) is 0. The minimum atomic E-state index is -4.42. The Hall–Kier alpha value is -1.58. The number of hydrogen-bond donors (Lipinski definition) is 2. The van der Waals surface area contributed by atoms with Gasteiger partial charge in [0.25, 0.3) is 0 Å². The third-order valence-electron chi connectivity index (χ3n) is 2.85. The van der Waals surface area contributed by atoms with Crippen LogP contribution in [0.4, 0.5) is 13.2 Å². The normalized spacial score (nSPS) is 11.9. The number of rotatable bonds is 6. The van der Waals surface area contributed by atoms with Gasteiger partial charge in [0, 0.05) is 12.4 Å². The smallest absolute Gasteiger partial charge is 0.396 e. The summed E-state index contributed by atoms with van der Waals surface area (Å²) in [6.45, 7) is 0.0955. The van der Waals surface area contributed by atoms with Crippen LogP contribution >= 0.6 is 11.8 Å². The van der Waals surface area contributed by atoms with E-state index in [2.05, 4.69) is 10.2 Å². The maximum Gasteiger partial charge on any atom is 0.416 e. The molecule has 0 fully saturated rings. The summed E-state index contributed by atoms with van der Waals surface area (Å²) in [6.07, 6.45) is -3.87. The number of aliphatic hydroxyl groups is 1. The zero-order valence-corrected chi connectivity index (χ0v) is 12.4. The van der Waals surface area contributed by atoms with Crippen molar-refractivity contribution in [1.82, 2.24) is 14.8 Å². The first-order valence-corrected chi connectivity index (χ1v) is 7.51. The van der Waals surface area contributed by atoms with Crippen LogP contribution in [0.1, 0.15) is 17.8 Å². The molecule has 0 radical (unpaired) electrons. The van der Waals surface area contributed by atoms with E-state index in [0.717, 1.165) is 12.1 Å². The van der Waals surface area contributed by atoms with Crippen LogP contribution in [0.5, 0.6) is 0 Å². The van der Waals surface area contributed by atoms with Crippen LogP contribution in [-0.4, -0.2) is 32.2 Å². The van der Waals surface area contributed by atoms with E-state index in [4.69, 9.17) is 10.8 Å². The molecular weight excluding hydrogens is 317 g/mol. The fraction of sp³-hybridized carbons (Fsp3) is 0.385. The van der Waals surface area contributed by atoms with Crippen molar-refractivity contribution in [2.45, 2.75) is 24.3 Å². The van der Waals surface area contributed by atoms with Crippen molar-refractivity contribution >= 4 is 11.8 Å². The molecule has 0 unspecified atom stereocenters. The van der Waals surface area contributed by atoms with Crippen molar-refractivity contribution in [3.8, 4) is 5.69 Å². The predicted octanol–water partition coefficient (Wildman–Crippen LogP) is 2.22. The number of thioether (sulfide) groups is 1. The molecule has 1 aromatic carbocycles. The predicted molar refractivity (Wildman–Crippen MR) is 76.7 cm³/mol. The lowest BCUT2D eigenvalue weighted by Crippen LogP contribution is -2.10. The van der Waals surface area contributed by atoms with E-state index in [1.54, 1.807) is 6.07 Å². The van der Waals surface area contributed by atoms with Crippen LogP contribution in [0, 0.1) is 0 Å². The van der Waals surface area contributed by atoms with Crippen LogP contribution in [0.25, 0.3) is 5.69 Å². The molecule has 120 valence electrons. The summed E-state index contributed by atoms with van der Waals surface area (Å²) in [5.74, 6) is 0.962. The number of nitrogens with zero attached hydrogens (tertiary/aromatic N) is 3. The highest BCUT2D eigenvalue weighted by Crippen LogP contribution is 2.31. The minimum Gasteiger partial charge on any atom is -0.396 e. The van der Waals surface area contributed by atoms with Gasteiger partial charge in [0.1, 0.15) is 0 Å². The first-order chi connectivity index (χ1) is 10.5. The number of aromatic nitrogens is 3. The lowest BCUT2D eigenvalue weighted by atomic mass is 10.2. The van der Waals surface area contributed by atoms with Gasteiger partial charge in [-0.3, -0.25) is 4.57 Å². The number of nitrogens with two attached hydrogens (primary N) is 1. The molecule has 0 bridgehead atoms. The molecule has 0 amide bonds. The first kappa shape index (κ1) is 16.8. The molecule has 2 rings (SSSR count). The van der Waals surface area contributed by atoms with Gasteiger partial charge in [-0.05, 0) is 24.6 Å². The molecule has 1 aromatic heterocycles. The average Bonchev–Trinajstić information content (AvgIpc) is 2.90. The van der Waals surface area contributed by atoms with Gasteiger partial charge < -0.3 is 10.8 Å². The highest BCUT2D eigenvalue weighted by Gasteiger charge is 2.30. The monoisotopic (exact) mass is 332 g/mol. The molecule has 3 N–H and O–H groups in total. The number of hydrogen-bond acceptors (Lipinski definition) is 5. The largest absolute Gasteiger partial charge is 0.416 e. The second-order valence-corrected chi connectivity index (χ2v) is 5.47. The number of alkyl halides is 3. The Morgan fingerprint density at radius 1 is 1.27 bits per heavy atom. The van der Waals surface area contributed by atoms with Gasteiger partial charge in [-0.1, -0.05) is 17.8 Å². The summed E-state index contributed by atoms with van der Waals surface area (Å²) in [5, 5.41) is 17.1. The SMILES string of the molecule is NCc1nnc(SCCCO)n1-c1cccc(C(F)(F)F)c1. The van der Waals surface area contributed by atoms with E-state index in [1.807, 2.05) is 0 Å². The highest BCUT2D eigenvalue weighted by molar-refractivity contribution is 7.99.